The van der Waals surface area contributed by atoms with Crippen LogP contribution in [0.2, 0.25) is 5.02 Å². The van der Waals surface area contributed by atoms with Crippen LogP contribution < -0.4 is 9.62 Å². The Morgan fingerprint density at radius 2 is 1.85 bits per heavy atom. The first-order valence-corrected chi connectivity index (χ1v) is 11.7. The summed E-state index contributed by atoms with van der Waals surface area (Å²) in [4.78, 5) is 24.2. The van der Waals surface area contributed by atoms with Gasteiger partial charge in [-0.15, -0.1) is 0 Å². The molecule has 1 aliphatic rings. The Hall–Kier alpha value is -3.43. The van der Waals surface area contributed by atoms with Crippen LogP contribution in [0.5, 0.6) is 0 Å². The van der Waals surface area contributed by atoms with Gasteiger partial charge in [0.2, 0.25) is 0 Å². The normalized spacial score (nSPS) is 12.8. The molecule has 0 unspecified atom stereocenters. The molecule has 0 saturated carbocycles. The van der Waals surface area contributed by atoms with E-state index in [1.807, 2.05) is 12.1 Å². The summed E-state index contributed by atoms with van der Waals surface area (Å²) in [6.07, 6.45) is 0.565. The van der Waals surface area contributed by atoms with Crippen molar-refractivity contribution in [3.8, 4) is 0 Å². The van der Waals surface area contributed by atoms with Crippen LogP contribution in [0.25, 0.3) is 0 Å². The summed E-state index contributed by atoms with van der Waals surface area (Å²) >= 11 is 6.17. The van der Waals surface area contributed by atoms with Crippen molar-refractivity contribution in [2.24, 2.45) is 0 Å². The van der Waals surface area contributed by atoms with Gasteiger partial charge >= 0.3 is 5.97 Å². The number of hydrogen-bond acceptors (Lipinski definition) is 5. The summed E-state index contributed by atoms with van der Waals surface area (Å²) < 4.78 is 46.0. The fraction of sp³-hybridized carbons (Fsp3) is 0.130. The lowest BCUT2D eigenvalue weighted by atomic mass is 10.2. The second kappa shape index (κ2) is 9.21. The number of carbonyl (C=O) groups is 2. The quantitative estimate of drug-likeness (QED) is 0.529. The molecule has 0 spiro atoms. The summed E-state index contributed by atoms with van der Waals surface area (Å²) in [6.45, 7) is -0.382. The van der Waals surface area contributed by atoms with Crippen molar-refractivity contribution >= 4 is 44.9 Å². The SMILES string of the molecule is O=C(COC(=O)c1ccc(Cl)c(S(=O)(=O)N2CCc3ccccc32)c1)Nc1cccc(F)c1. The Morgan fingerprint density at radius 1 is 1.06 bits per heavy atom. The van der Waals surface area contributed by atoms with E-state index in [-0.39, 0.29) is 27.7 Å². The van der Waals surface area contributed by atoms with E-state index in [2.05, 4.69) is 5.32 Å². The summed E-state index contributed by atoms with van der Waals surface area (Å²) in [7, 11) is -4.04. The Bertz CT molecular complexity index is 1350. The number of sulfonamides is 1. The molecule has 1 aliphatic heterocycles. The average Bonchev–Trinajstić information content (AvgIpc) is 3.23. The Morgan fingerprint density at radius 3 is 2.64 bits per heavy atom. The molecule has 1 heterocycles. The molecule has 3 aromatic rings. The maximum absolute atomic E-state index is 13.3. The maximum atomic E-state index is 13.3. The van der Waals surface area contributed by atoms with Crippen molar-refractivity contribution in [2.45, 2.75) is 11.3 Å². The number of para-hydroxylation sites is 1. The van der Waals surface area contributed by atoms with E-state index in [0.29, 0.717) is 12.1 Å². The molecule has 0 bridgehead atoms. The van der Waals surface area contributed by atoms with Gasteiger partial charge in [0.25, 0.3) is 15.9 Å². The number of amides is 1. The summed E-state index contributed by atoms with van der Waals surface area (Å²) in [5.74, 6) is -2.11. The number of fused-ring (bicyclic) bond motifs is 1. The second-order valence-corrected chi connectivity index (χ2v) is 9.47. The first-order valence-electron chi connectivity index (χ1n) is 9.88. The third-order valence-electron chi connectivity index (χ3n) is 5.02. The molecular weight excluding hydrogens is 471 g/mol. The summed E-state index contributed by atoms with van der Waals surface area (Å²) in [5, 5.41) is 2.36. The maximum Gasteiger partial charge on any atom is 0.338 e. The Labute approximate surface area is 194 Å². The summed E-state index contributed by atoms with van der Waals surface area (Å²) in [6, 6.07) is 16.1. The number of carbonyl (C=O) groups excluding carboxylic acids is 2. The molecule has 33 heavy (non-hydrogen) atoms. The molecule has 0 aromatic heterocycles. The molecule has 1 amide bonds. The van der Waals surface area contributed by atoms with E-state index in [1.165, 1.54) is 34.6 Å². The average molecular weight is 489 g/mol. The van der Waals surface area contributed by atoms with Crippen LogP contribution in [0.3, 0.4) is 0 Å². The number of anilines is 2. The van der Waals surface area contributed by atoms with Crippen LogP contribution in [0, 0.1) is 5.82 Å². The van der Waals surface area contributed by atoms with Gasteiger partial charge < -0.3 is 10.1 Å². The van der Waals surface area contributed by atoms with Crippen molar-refractivity contribution in [3.63, 3.8) is 0 Å². The number of nitrogens with zero attached hydrogens (tertiary/aromatic N) is 1. The zero-order valence-electron chi connectivity index (χ0n) is 17.1. The van der Waals surface area contributed by atoms with Gasteiger partial charge in [-0.2, -0.15) is 0 Å². The van der Waals surface area contributed by atoms with Gasteiger partial charge in [-0.1, -0.05) is 35.9 Å². The fourth-order valence-corrected chi connectivity index (χ4v) is 5.49. The predicted octanol–water partition coefficient (Wildman–Crippen LogP) is 4.03. The number of rotatable bonds is 6. The number of hydrogen-bond donors (Lipinski definition) is 1. The zero-order chi connectivity index (χ0) is 23.6. The van der Waals surface area contributed by atoms with Gasteiger partial charge in [-0.05, 0) is 54.4 Å². The molecule has 10 heteroatoms. The zero-order valence-corrected chi connectivity index (χ0v) is 18.7. The van der Waals surface area contributed by atoms with Gasteiger partial charge in [0, 0.05) is 12.2 Å². The minimum absolute atomic E-state index is 0.0419. The minimum Gasteiger partial charge on any atom is -0.452 e. The number of esters is 1. The lowest BCUT2D eigenvalue weighted by Gasteiger charge is -2.20. The third-order valence-corrected chi connectivity index (χ3v) is 7.32. The van der Waals surface area contributed by atoms with Crippen molar-refractivity contribution in [1.82, 2.24) is 0 Å². The number of nitrogens with one attached hydrogen (secondary N) is 1. The molecule has 3 aromatic carbocycles. The van der Waals surface area contributed by atoms with Crippen LogP contribution in [0.4, 0.5) is 15.8 Å². The van der Waals surface area contributed by atoms with Crippen LogP contribution in [-0.4, -0.2) is 33.4 Å². The molecule has 0 fully saturated rings. The molecule has 0 atom stereocenters. The van der Waals surface area contributed by atoms with E-state index >= 15 is 0 Å². The van der Waals surface area contributed by atoms with Gasteiger partial charge in [0.05, 0.1) is 16.3 Å². The van der Waals surface area contributed by atoms with Crippen molar-refractivity contribution < 1.29 is 27.1 Å². The lowest BCUT2D eigenvalue weighted by Crippen LogP contribution is -2.29. The van der Waals surface area contributed by atoms with Crippen molar-refractivity contribution in [2.75, 3.05) is 22.8 Å². The van der Waals surface area contributed by atoms with E-state index in [9.17, 15) is 22.4 Å². The standard InChI is InChI=1S/C23H18ClFN2O5S/c24-19-9-8-16(23(29)32-14-22(28)26-18-6-3-5-17(25)13-18)12-21(19)33(30,31)27-11-10-15-4-1-2-7-20(15)27/h1-9,12-13H,10-11,14H2,(H,26,28). The van der Waals surface area contributed by atoms with E-state index < -0.39 is 34.3 Å². The minimum atomic E-state index is -4.04. The highest BCUT2D eigenvalue weighted by molar-refractivity contribution is 7.93. The van der Waals surface area contributed by atoms with E-state index in [0.717, 1.165) is 17.7 Å². The van der Waals surface area contributed by atoms with E-state index in [4.69, 9.17) is 16.3 Å². The van der Waals surface area contributed by atoms with Gasteiger partial charge in [0.1, 0.15) is 10.7 Å². The molecule has 0 saturated heterocycles. The Kier molecular flexibility index (Phi) is 6.35. The highest BCUT2D eigenvalue weighted by atomic mass is 35.5. The van der Waals surface area contributed by atoms with Crippen molar-refractivity contribution in [3.05, 3.63) is 88.7 Å². The molecule has 1 N–H and O–H groups in total. The third kappa shape index (κ3) is 4.84. The molecular formula is C23H18ClFN2O5S. The number of benzene rings is 3. The van der Waals surface area contributed by atoms with Crippen LogP contribution in [-0.2, 0) is 26.0 Å². The van der Waals surface area contributed by atoms with Crippen LogP contribution in [0.1, 0.15) is 15.9 Å². The smallest absolute Gasteiger partial charge is 0.338 e. The van der Waals surface area contributed by atoms with Gasteiger partial charge in [-0.25, -0.2) is 17.6 Å². The Balaban J connectivity index is 1.49. The second-order valence-electron chi connectivity index (χ2n) is 7.24. The van der Waals surface area contributed by atoms with Gasteiger partial charge in [-0.3, -0.25) is 9.10 Å². The first kappa shape index (κ1) is 22.8. The fourth-order valence-electron chi connectivity index (χ4n) is 3.48. The van der Waals surface area contributed by atoms with Crippen molar-refractivity contribution in [1.29, 1.82) is 0 Å². The monoisotopic (exact) mass is 488 g/mol. The largest absolute Gasteiger partial charge is 0.452 e. The highest BCUT2D eigenvalue weighted by Gasteiger charge is 2.32. The van der Waals surface area contributed by atoms with Gasteiger partial charge in [0.15, 0.2) is 6.61 Å². The molecule has 7 nitrogen and oxygen atoms in total. The lowest BCUT2D eigenvalue weighted by molar-refractivity contribution is -0.119. The molecule has 0 radical (unpaired) electrons. The molecule has 0 aliphatic carbocycles. The summed E-state index contributed by atoms with van der Waals surface area (Å²) in [5.41, 5.74) is 1.60. The van der Waals surface area contributed by atoms with E-state index in [1.54, 1.807) is 12.1 Å². The molecule has 4 rings (SSSR count). The first-order chi connectivity index (χ1) is 15.8. The van der Waals surface area contributed by atoms with Crippen LogP contribution in [0.15, 0.2) is 71.6 Å². The van der Waals surface area contributed by atoms with Crippen LogP contribution >= 0.6 is 11.6 Å². The topological polar surface area (TPSA) is 92.8 Å². The number of halogens is 2. The molecule has 170 valence electrons. The predicted molar refractivity (Wildman–Crippen MR) is 121 cm³/mol. The number of ether oxygens (including phenoxy) is 1. The highest BCUT2D eigenvalue weighted by Crippen LogP contribution is 2.35.